The lowest BCUT2D eigenvalue weighted by atomic mass is 9.96. The SMILES string of the molecule is CC(C)=CCOc1c(CC=C(C)C)c(C)[c]c(O)c1CC=C(C)C. The molecular weight excluding hydrogens is 296 g/mol. The average Bonchev–Trinajstić information content (AvgIpc) is 2.44. The molecule has 0 aliphatic carbocycles. The molecule has 0 heterocycles. The Balaban J connectivity index is 3.37. The van der Waals surface area contributed by atoms with Gasteiger partial charge in [-0.15, -0.1) is 0 Å². The first-order valence-electron chi connectivity index (χ1n) is 8.51. The highest BCUT2D eigenvalue weighted by Gasteiger charge is 2.16. The van der Waals surface area contributed by atoms with Gasteiger partial charge in [-0.25, -0.2) is 0 Å². The Labute approximate surface area is 147 Å². The van der Waals surface area contributed by atoms with E-state index in [9.17, 15) is 5.11 Å². The molecule has 1 aromatic carbocycles. The molecule has 2 nitrogen and oxygen atoms in total. The molecule has 0 aromatic heterocycles. The van der Waals surface area contributed by atoms with Gasteiger partial charge >= 0.3 is 0 Å². The van der Waals surface area contributed by atoms with Crippen LogP contribution in [0, 0.1) is 13.0 Å². The van der Waals surface area contributed by atoms with Crippen LogP contribution in [0.2, 0.25) is 0 Å². The summed E-state index contributed by atoms with van der Waals surface area (Å²) in [4.78, 5) is 0. The monoisotopic (exact) mass is 327 g/mol. The zero-order valence-corrected chi connectivity index (χ0v) is 16.2. The normalized spacial score (nSPS) is 10.1. The fourth-order valence-electron chi connectivity index (χ4n) is 2.30. The number of phenolic OH excluding ortho intramolecular Hbond substituents is 1. The van der Waals surface area contributed by atoms with Crippen LogP contribution in [0.3, 0.4) is 0 Å². The van der Waals surface area contributed by atoms with E-state index in [0.717, 1.165) is 28.9 Å². The molecule has 0 saturated heterocycles. The molecule has 0 saturated carbocycles. The number of aromatic hydroxyl groups is 1. The van der Waals surface area contributed by atoms with Gasteiger partial charge < -0.3 is 9.84 Å². The van der Waals surface area contributed by atoms with E-state index < -0.39 is 0 Å². The molecule has 0 bridgehead atoms. The Kier molecular flexibility index (Phi) is 7.84. The van der Waals surface area contributed by atoms with Crippen LogP contribution in [0.15, 0.2) is 34.9 Å². The lowest BCUT2D eigenvalue weighted by Gasteiger charge is -2.18. The van der Waals surface area contributed by atoms with E-state index in [1.807, 2.05) is 6.92 Å². The van der Waals surface area contributed by atoms with Gasteiger partial charge in [0, 0.05) is 17.2 Å². The molecule has 1 aromatic rings. The van der Waals surface area contributed by atoms with E-state index in [1.165, 1.54) is 16.7 Å². The summed E-state index contributed by atoms with van der Waals surface area (Å²) in [5.41, 5.74) is 6.57. The maximum atomic E-state index is 10.4. The van der Waals surface area contributed by atoms with Gasteiger partial charge in [-0.3, -0.25) is 0 Å². The van der Waals surface area contributed by atoms with Crippen LogP contribution in [0.4, 0.5) is 0 Å². The van der Waals surface area contributed by atoms with Crippen molar-refractivity contribution < 1.29 is 9.84 Å². The minimum absolute atomic E-state index is 0.193. The minimum Gasteiger partial charge on any atom is -0.507 e. The fraction of sp³-hybridized carbons (Fsp3) is 0.455. The number of hydrogen-bond donors (Lipinski definition) is 1. The second kappa shape index (κ2) is 9.36. The van der Waals surface area contributed by atoms with Crippen molar-refractivity contribution in [3.05, 3.63) is 57.7 Å². The van der Waals surface area contributed by atoms with Crippen molar-refractivity contribution in [2.24, 2.45) is 0 Å². The van der Waals surface area contributed by atoms with Crippen LogP contribution in [0.5, 0.6) is 11.5 Å². The van der Waals surface area contributed by atoms with Gasteiger partial charge in [0.05, 0.1) is 0 Å². The van der Waals surface area contributed by atoms with E-state index in [2.05, 4.69) is 65.8 Å². The van der Waals surface area contributed by atoms with Crippen molar-refractivity contribution in [3.8, 4) is 11.5 Å². The molecule has 0 aliphatic heterocycles. The Hall–Kier alpha value is -1.96. The van der Waals surface area contributed by atoms with Gasteiger partial charge in [-0.1, -0.05) is 28.9 Å². The highest BCUT2D eigenvalue weighted by atomic mass is 16.5. The largest absolute Gasteiger partial charge is 0.507 e. The van der Waals surface area contributed by atoms with E-state index in [0.29, 0.717) is 13.0 Å². The van der Waals surface area contributed by atoms with Crippen molar-refractivity contribution in [1.82, 2.24) is 0 Å². The molecule has 131 valence electrons. The molecule has 0 spiro atoms. The topological polar surface area (TPSA) is 29.5 Å². The molecule has 0 atom stereocenters. The van der Waals surface area contributed by atoms with Crippen LogP contribution in [-0.4, -0.2) is 11.7 Å². The second-order valence-corrected chi connectivity index (χ2v) is 6.95. The van der Waals surface area contributed by atoms with Gasteiger partial charge in [0.15, 0.2) is 0 Å². The number of ether oxygens (including phenoxy) is 1. The van der Waals surface area contributed by atoms with E-state index in [4.69, 9.17) is 4.74 Å². The van der Waals surface area contributed by atoms with Gasteiger partial charge in [-0.05, 0) is 72.9 Å². The highest BCUT2D eigenvalue weighted by molar-refractivity contribution is 5.54. The smallest absolute Gasteiger partial charge is 0.131 e. The zero-order chi connectivity index (χ0) is 18.3. The van der Waals surface area contributed by atoms with Gasteiger partial charge in [0.2, 0.25) is 0 Å². The van der Waals surface area contributed by atoms with Crippen LogP contribution < -0.4 is 4.74 Å². The Morgan fingerprint density at radius 2 is 1.38 bits per heavy atom. The Bertz CT molecular complexity index is 605. The number of phenols is 1. The summed E-state index contributed by atoms with van der Waals surface area (Å²) >= 11 is 0. The number of rotatable bonds is 7. The molecule has 0 aliphatic rings. The highest BCUT2D eigenvalue weighted by Crippen LogP contribution is 2.35. The van der Waals surface area contributed by atoms with Crippen LogP contribution >= 0.6 is 0 Å². The van der Waals surface area contributed by atoms with E-state index in [-0.39, 0.29) is 5.75 Å². The molecule has 0 amide bonds. The van der Waals surface area contributed by atoms with Crippen LogP contribution in [0.1, 0.15) is 58.2 Å². The zero-order valence-electron chi connectivity index (χ0n) is 16.2. The summed E-state index contributed by atoms with van der Waals surface area (Å²) in [7, 11) is 0. The maximum Gasteiger partial charge on any atom is 0.131 e. The Morgan fingerprint density at radius 3 is 1.88 bits per heavy atom. The first-order chi connectivity index (χ1) is 11.2. The van der Waals surface area contributed by atoms with Gasteiger partial charge in [-0.2, -0.15) is 0 Å². The number of hydrogen-bond acceptors (Lipinski definition) is 2. The summed E-state index contributed by atoms with van der Waals surface area (Å²) in [5.74, 6) is 0.995. The van der Waals surface area contributed by atoms with Crippen molar-refractivity contribution in [1.29, 1.82) is 0 Å². The predicted molar refractivity (Wildman–Crippen MR) is 103 cm³/mol. The molecule has 0 unspecified atom stereocenters. The van der Waals surface area contributed by atoms with Crippen molar-refractivity contribution in [2.45, 2.75) is 61.3 Å². The summed E-state index contributed by atoms with van der Waals surface area (Å²) in [6.07, 6.45) is 7.79. The van der Waals surface area contributed by atoms with Gasteiger partial charge in [0.1, 0.15) is 18.1 Å². The Morgan fingerprint density at radius 1 is 0.875 bits per heavy atom. The third-order valence-corrected chi connectivity index (χ3v) is 3.74. The number of allylic oxidation sites excluding steroid dienone is 5. The van der Waals surface area contributed by atoms with Crippen molar-refractivity contribution in [3.63, 3.8) is 0 Å². The molecule has 1 radical (unpaired) electrons. The van der Waals surface area contributed by atoms with E-state index in [1.54, 1.807) is 0 Å². The van der Waals surface area contributed by atoms with Crippen molar-refractivity contribution in [2.75, 3.05) is 6.61 Å². The lowest BCUT2D eigenvalue weighted by molar-refractivity contribution is 0.350. The second-order valence-electron chi connectivity index (χ2n) is 6.95. The maximum absolute atomic E-state index is 10.4. The fourth-order valence-corrected chi connectivity index (χ4v) is 2.30. The summed E-state index contributed by atoms with van der Waals surface area (Å²) in [6.45, 7) is 14.9. The first-order valence-corrected chi connectivity index (χ1v) is 8.51. The minimum atomic E-state index is 0.193. The quantitative estimate of drug-likeness (QED) is 0.635. The third-order valence-electron chi connectivity index (χ3n) is 3.74. The molecule has 24 heavy (non-hydrogen) atoms. The predicted octanol–water partition coefficient (Wildman–Crippen LogP) is 5.86. The van der Waals surface area contributed by atoms with Crippen LogP contribution in [0.25, 0.3) is 0 Å². The molecule has 2 heteroatoms. The standard InChI is InChI=1S/C22H31O2/c1-15(2)8-10-19-18(7)14-21(23)20(11-9-16(3)4)22(19)24-13-12-17(5)6/h8-9,12,23H,10-11,13H2,1-7H3. The average molecular weight is 327 g/mol. The lowest BCUT2D eigenvalue weighted by Crippen LogP contribution is -2.04. The molecule has 1 N–H and O–H groups in total. The van der Waals surface area contributed by atoms with E-state index >= 15 is 0 Å². The number of aryl methyl sites for hydroxylation is 1. The number of benzene rings is 1. The molecular formula is C22H31O2. The summed E-state index contributed by atoms with van der Waals surface area (Å²) < 4.78 is 6.09. The van der Waals surface area contributed by atoms with Gasteiger partial charge in [0.25, 0.3) is 0 Å². The summed E-state index contributed by atoms with van der Waals surface area (Å²) in [5, 5.41) is 10.4. The molecule has 0 fully saturated rings. The summed E-state index contributed by atoms with van der Waals surface area (Å²) in [6, 6.07) is 3.10. The molecule has 1 rings (SSSR count). The van der Waals surface area contributed by atoms with Crippen molar-refractivity contribution >= 4 is 0 Å². The van der Waals surface area contributed by atoms with Crippen LogP contribution in [-0.2, 0) is 12.8 Å². The first kappa shape index (κ1) is 20.1. The third kappa shape index (κ3) is 6.27.